The van der Waals surface area contributed by atoms with Crippen molar-refractivity contribution in [2.75, 3.05) is 13.6 Å². The lowest BCUT2D eigenvalue weighted by atomic mass is 10.1. The Balaban J connectivity index is 2.05. The number of nitrogens with one attached hydrogen (secondary N) is 1. The molecule has 1 aromatic carbocycles. The number of aryl methyl sites for hydroxylation is 1. The summed E-state index contributed by atoms with van der Waals surface area (Å²) in [6.07, 6.45) is 2.80. The van der Waals surface area contributed by atoms with Crippen molar-refractivity contribution >= 4 is 0 Å². The molecule has 0 amide bonds. The summed E-state index contributed by atoms with van der Waals surface area (Å²) >= 11 is 0. The average Bonchev–Trinajstić information content (AvgIpc) is 2.45. The van der Waals surface area contributed by atoms with E-state index in [1.807, 2.05) is 26.1 Å². The quantitative estimate of drug-likeness (QED) is 0.863. The Morgan fingerprint density at radius 3 is 2.63 bits per heavy atom. The number of hydrogen-bond donors (Lipinski definition) is 1. The van der Waals surface area contributed by atoms with Gasteiger partial charge >= 0.3 is 0 Å². The Morgan fingerprint density at radius 1 is 1.11 bits per heavy atom. The maximum Gasteiger partial charge on any atom is 0.141 e. The minimum atomic E-state index is 0.590. The van der Waals surface area contributed by atoms with Crippen LogP contribution in [0.15, 0.2) is 42.6 Å². The van der Waals surface area contributed by atoms with Crippen molar-refractivity contribution < 1.29 is 4.74 Å². The Labute approximate surface area is 114 Å². The van der Waals surface area contributed by atoms with Crippen molar-refractivity contribution in [2.45, 2.75) is 20.0 Å². The first-order valence-corrected chi connectivity index (χ1v) is 6.57. The lowest BCUT2D eigenvalue weighted by molar-refractivity contribution is 0.301. The molecule has 2 aromatic rings. The fraction of sp³-hybridized carbons (Fsp3) is 0.312. The summed E-state index contributed by atoms with van der Waals surface area (Å²) in [5.41, 5.74) is 3.50. The van der Waals surface area contributed by atoms with Crippen LogP contribution in [0.5, 0.6) is 5.75 Å². The first-order valence-electron chi connectivity index (χ1n) is 6.57. The topological polar surface area (TPSA) is 34.1 Å². The van der Waals surface area contributed by atoms with Crippen LogP contribution in [0.25, 0.3) is 0 Å². The zero-order valence-corrected chi connectivity index (χ0v) is 11.5. The highest BCUT2D eigenvalue weighted by molar-refractivity contribution is 5.29. The molecule has 100 valence electrons. The van der Waals surface area contributed by atoms with Crippen LogP contribution in [0.4, 0.5) is 0 Å². The lowest BCUT2D eigenvalue weighted by Gasteiger charge is -2.12. The van der Waals surface area contributed by atoms with E-state index in [9.17, 15) is 0 Å². The first kappa shape index (κ1) is 13.6. The largest absolute Gasteiger partial charge is 0.487 e. The predicted octanol–water partition coefficient (Wildman–Crippen LogP) is 2.73. The van der Waals surface area contributed by atoms with Gasteiger partial charge in [-0.05, 0) is 50.2 Å². The number of pyridine rings is 1. The van der Waals surface area contributed by atoms with E-state index in [0.29, 0.717) is 6.61 Å². The van der Waals surface area contributed by atoms with Crippen LogP contribution in [-0.2, 0) is 13.0 Å². The molecule has 0 aliphatic heterocycles. The van der Waals surface area contributed by atoms with Gasteiger partial charge in [0.15, 0.2) is 0 Å². The number of aromatic nitrogens is 1. The molecule has 1 aromatic heterocycles. The molecule has 0 spiro atoms. The van der Waals surface area contributed by atoms with E-state index < -0.39 is 0 Å². The second-order valence-corrected chi connectivity index (χ2v) is 4.50. The second kappa shape index (κ2) is 6.90. The van der Waals surface area contributed by atoms with Gasteiger partial charge in [-0.25, -0.2) is 0 Å². The van der Waals surface area contributed by atoms with E-state index in [2.05, 4.69) is 34.6 Å². The van der Waals surface area contributed by atoms with Crippen molar-refractivity contribution in [1.82, 2.24) is 10.3 Å². The Morgan fingerprint density at radius 2 is 1.89 bits per heavy atom. The SMILES string of the molecule is CNCCc1ccccc1COc1cccnc1C. The van der Waals surface area contributed by atoms with Crippen molar-refractivity contribution in [3.8, 4) is 5.75 Å². The molecule has 0 fully saturated rings. The molecule has 0 radical (unpaired) electrons. The maximum absolute atomic E-state index is 5.86. The van der Waals surface area contributed by atoms with Crippen LogP contribution in [-0.4, -0.2) is 18.6 Å². The van der Waals surface area contributed by atoms with Gasteiger partial charge < -0.3 is 10.1 Å². The summed E-state index contributed by atoms with van der Waals surface area (Å²) in [7, 11) is 1.97. The lowest BCUT2D eigenvalue weighted by Crippen LogP contribution is -2.12. The molecule has 2 rings (SSSR count). The molecule has 1 N–H and O–H groups in total. The third-order valence-corrected chi connectivity index (χ3v) is 3.10. The Kier molecular flexibility index (Phi) is 4.93. The number of ether oxygens (including phenoxy) is 1. The molecule has 0 saturated carbocycles. The van der Waals surface area contributed by atoms with Gasteiger partial charge in [-0.2, -0.15) is 0 Å². The molecule has 3 nitrogen and oxygen atoms in total. The summed E-state index contributed by atoms with van der Waals surface area (Å²) < 4.78 is 5.86. The van der Waals surface area contributed by atoms with Gasteiger partial charge in [-0.1, -0.05) is 24.3 Å². The number of likely N-dealkylation sites (N-methyl/N-ethyl adjacent to an activating group) is 1. The van der Waals surface area contributed by atoms with E-state index in [0.717, 1.165) is 24.4 Å². The summed E-state index contributed by atoms with van der Waals surface area (Å²) in [6.45, 7) is 3.53. The fourth-order valence-electron chi connectivity index (χ4n) is 1.98. The van der Waals surface area contributed by atoms with E-state index in [1.54, 1.807) is 6.20 Å². The highest BCUT2D eigenvalue weighted by Crippen LogP contribution is 2.17. The minimum absolute atomic E-state index is 0.590. The van der Waals surface area contributed by atoms with Crippen LogP contribution in [0.2, 0.25) is 0 Å². The van der Waals surface area contributed by atoms with Crippen LogP contribution >= 0.6 is 0 Å². The zero-order valence-electron chi connectivity index (χ0n) is 11.5. The molecule has 0 bridgehead atoms. The van der Waals surface area contributed by atoms with Gasteiger partial charge in [0.05, 0.1) is 5.69 Å². The molecule has 3 heteroatoms. The summed E-state index contributed by atoms with van der Waals surface area (Å²) in [5, 5.41) is 3.18. The van der Waals surface area contributed by atoms with Gasteiger partial charge in [-0.15, -0.1) is 0 Å². The molecule has 19 heavy (non-hydrogen) atoms. The smallest absolute Gasteiger partial charge is 0.141 e. The van der Waals surface area contributed by atoms with Gasteiger partial charge in [-0.3, -0.25) is 4.98 Å². The predicted molar refractivity (Wildman–Crippen MR) is 77.4 cm³/mol. The maximum atomic E-state index is 5.86. The molecular formula is C16H20N2O. The number of nitrogens with zero attached hydrogens (tertiary/aromatic N) is 1. The van der Waals surface area contributed by atoms with E-state index >= 15 is 0 Å². The highest BCUT2D eigenvalue weighted by Gasteiger charge is 2.04. The Hall–Kier alpha value is -1.87. The fourth-order valence-corrected chi connectivity index (χ4v) is 1.98. The summed E-state index contributed by atoms with van der Waals surface area (Å²) in [5.74, 6) is 0.853. The van der Waals surface area contributed by atoms with Crippen LogP contribution in [0, 0.1) is 6.92 Å². The molecular weight excluding hydrogens is 236 g/mol. The summed E-state index contributed by atoms with van der Waals surface area (Å²) in [4.78, 5) is 4.23. The molecule has 1 heterocycles. The molecule has 0 aliphatic carbocycles. The molecule has 0 atom stereocenters. The minimum Gasteiger partial charge on any atom is -0.487 e. The monoisotopic (exact) mass is 256 g/mol. The summed E-state index contributed by atoms with van der Waals surface area (Å²) in [6, 6.07) is 12.3. The van der Waals surface area contributed by atoms with Crippen molar-refractivity contribution in [2.24, 2.45) is 0 Å². The van der Waals surface area contributed by atoms with Crippen LogP contribution < -0.4 is 10.1 Å². The van der Waals surface area contributed by atoms with Crippen LogP contribution in [0.3, 0.4) is 0 Å². The van der Waals surface area contributed by atoms with E-state index in [4.69, 9.17) is 4.74 Å². The van der Waals surface area contributed by atoms with Gasteiger partial charge in [0, 0.05) is 6.20 Å². The third kappa shape index (κ3) is 3.80. The Bertz CT molecular complexity index is 526. The molecule has 0 unspecified atom stereocenters. The molecule has 0 aliphatic rings. The van der Waals surface area contributed by atoms with Crippen molar-refractivity contribution in [1.29, 1.82) is 0 Å². The van der Waals surface area contributed by atoms with Gasteiger partial charge in [0.1, 0.15) is 12.4 Å². The van der Waals surface area contributed by atoms with Crippen LogP contribution in [0.1, 0.15) is 16.8 Å². The zero-order chi connectivity index (χ0) is 13.5. The number of hydrogen-bond acceptors (Lipinski definition) is 3. The normalized spacial score (nSPS) is 10.4. The molecule has 0 saturated heterocycles. The van der Waals surface area contributed by atoms with E-state index in [1.165, 1.54) is 11.1 Å². The standard InChI is InChI=1S/C16H20N2O/c1-13-16(8-5-10-18-13)19-12-15-7-4-3-6-14(15)9-11-17-2/h3-8,10,17H,9,11-12H2,1-2H3. The first-order chi connectivity index (χ1) is 9.31. The highest BCUT2D eigenvalue weighted by atomic mass is 16.5. The number of rotatable bonds is 6. The van der Waals surface area contributed by atoms with Gasteiger partial charge in [0.2, 0.25) is 0 Å². The number of benzene rings is 1. The third-order valence-electron chi connectivity index (χ3n) is 3.10. The van der Waals surface area contributed by atoms with Crippen molar-refractivity contribution in [3.05, 3.63) is 59.4 Å². The van der Waals surface area contributed by atoms with E-state index in [-0.39, 0.29) is 0 Å². The average molecular weight is 256 g/mol. The van der Waals surface area contributed by atoms with Crippen molar-refractivity contribution in [3.63, 3.8) is 0 Å². The van der Waals surface area contributed by atoms with Gasteiger partial charge in [0.25, 0.3) is 0 Å². The second-order valence-electron chi connectivity index (χ2n) is 4.50.